The van der Waals surface area contributed by atoms with Gasteiger partial charge in [0, 0.05) is 43.1 Å². The molecule has 0 saturated carbocycles. The van der Waals surface area contributed by atoms with Crippen LogP contribution in [0.15, 0.2) is 53.4 Å². The molecule has 0 spiro atoms. The average Bonchev–Trinajstić information content (AvgIpc) is 2.68. The Morgan fingerprint density at radius 3 is 2.64 bits per heavy atom. The molecule has 1 aliphatic heterocycles. The maximum Gasteiger partial charge on any atom is 0.248 e. The second-order valence-corrected chi connectivity index (χ2v) is 7.82. The summed E-state index contributed by atoms with van der Waals surface area (Å²) in [5.74, 6) is -0.792. The van der Waals surface area contributed by atoms with E-state index >= 15 is 0 Å². The van der Waals surface area contributed by atoms with E-state index in [1.807, 2.05) is 37.3 Å². The van der Waals surface area contributed by atoms with Crippen molar-refractivity contribution >= 4 is 16.8 Å². The molecular formula is C22H26N4O2. The van der Waals surface area contributed by atoms with Gasteiger partial charge in [-0.1, -0.05) is 30.4 Å². The predicted octanol–water partition coefficient (Wildman–Crippen LogP) is 1.51. The first kappa shape index (κ1) is 18.7. The SMILES string of the molecule is Cc1cc(=O)[nH]c2ccc(C3(N4CCN(C)CC4)C=CC=CC3C(N)=O)cc12. The fourth-order valence-electron chi connectivity index (χ4n) is 4.55. The fourth-order valence-corrected chi connectivity index (χ4v) is 4.55. The number of H-pyrrole nitrogens is 1. The van der Waals surface area contributed by atoms with Crippen molar-refractivity contribution in [1.82, 2.24) is 14.8 Å². The van der Waals surface area contributed by atoms with Gasteiger partial charge in [-0.05, 0) is 37.2 Å². The Morgan fingerprint density at radius 2 is 1.93 bits per heavy atom. The summed E-state index contributed by atoms with van der Waals surface area (Å²) < 4.78 is 0. The van der Waals surface area contributed by atoms with E-state index in [1.165, 1.54) is 0 Å². The van der Waals surface area contributed by atoms with Crippen LogP contribution < -0.4 is 11.3 Å². The van der Waals surface area contributed by atoms with Crippen LogP contribution >= 0.6 is 0 Å². The van der Waals surface area contributed by atoms with Gasteiger partial charge in [0.1, 0.15) is 0 Å². The maximum atomic E-state index is 12.5. The molecule has 2 unspecified atom stereocenters. The lowest BCUT2D eigenvalue weighted by Crippen LogP contribution is -2.59. The van der Waals surface area contributed by atoms with Crippen LogP contribution in [0, 0.1) is 12.8 Å². The van der Waals surface area contributed by atoms with Crippen LogP contribution in [0.3, 0.4) is 0 Å². The third-order valence-corrected chi connectivity index (χ3v) is 6.08. The molecule has 1 aromatic carbocycles. The van der Waals surface area contributed by atoms with Gasteiger partial charge in [-0.25, -0.2) is 0 Å². The molecule has 0 radical (unpaired) electrons. The van der Waals surface area contributed by atoms with Gasteiger partial charge in [-0.2, -0.15) is 0 Å². The number of allylic oxidation sites excluding steroid dienone is 2. The number of likely N-dealkylation sites (N-methyl/N-ethyl adjacent to an activating group) is 1. The third-order valence-electron chi connectivity index (χ3n) is 6.08. The molecule has 4 rings (SSSR count). The first-order valence-electron chi connectivity index (χ1n) is 9.65. The Hall–Kier alpha value is -2.70. The number of benzene rings is 1. The highest BCUT2D eigenvalue weighted by atomic mass is 16.1. The Kier molecular flexibility index (Phi) is 4.69. The van der Waals surface area contributed by atoms with Crippen molar-refractivity contribution in [1.29, 1.82) is 0 Å². The van der Waals surface area contributed by atoms with Gasteiger partial charge < -0.3 is 15.6 Å². The highest BCUT2D eigenvalue weighted by molar-refractivity contribution is 5.85. The Bertz CT molecular complexity index is 1030. The second kappa shape index (κ2) is 7.04. The number of primary amides is 1. The zero-order valence-electron chi connectivity index (χ0n) is 16.3. The minimum Gasteiger partial charge on any atom is -0.369 e. The van der Waals surface area contributed by atoms with Gasteiger partial charge in [0.2, 0.25) is 11.5 Å². The van der Waals surface area contributed by atoms with Crippen molar-refractivity contribution < 1.29 is 4.79 Å². The van der Waals surface area contributed by atoms with E-state index < -0.39 is 11.5 Å². The van der Waals surface area contributed by atoms with Crippen LogP contribution in [0.4, 0.5) is 0 Å². The van der Waals surface area contributed by atoms with E-state index in [-0.39, 0.29) is 11.5 Å². The minimum atomic E-state index is -0.626. The number of amides is 1. The number of pyridine rings is 1. The number of hydrogen-bond acceptors (Lipinski definition) is 4. The molecule has 2 aliphatic rings. The molecule has 2 heterocycles. The van der Waals surface area contributed by atoms with Crippen molar-refractivity contribution in [3.05, 3.63) is 70.1 Å². The molecule has 6 heteroatoms. The summed E-state index contributed by atoms with van der Waals surface area (Å²) in [4.78, 5) is 31.9. The molecule has 1 aromatic heterocycles. The van der Waals surface area contributed by atoms with Crippen LogP contribution in [0.2, 0.25) is 0 Å². The molecule has 28 heavy (non-hydrogen) atoms. The molecule has 6 nitrogen and oxygen atoms in total. The lowest BCUT2D eigenvalue weighted by atomic mass is 9.72. The zero-order chi connectivity index (χ0) is 19.9. The lowest BCUT2D eigenvalue weighted by molar-refractivity contribution is -0.124. The molecular weight excluding hydrogens is 352 g/mol. The largest absolute Gasteiger partial charge is 0.369 e. The van der Waals surface area contributed by atoms with E-state index in [2.05, 4.69) is 34.0 Å². The molecule has 1 saturated heterocycles. The molecule has 2 aromatic rings. The summed E-state index contributed by atoms with van der Waals surface area (Å²) in [7, 11) is 2.11. The number of aromatic nitrogens is 1. The van der Waals surface area contributed by atoms with Crippen molar-refractivity contribution in [2.24, 2.45) is 11.7 Å². The topological polar surface area (TPSA) is 82.4 Å². The van der Waals surface area contributed by atoms with E-state index in [1.54, 1.807) is 6.07 Å². The van der Waals surface area contributed by atoms with Gasteiger partial charge in [0.25, 0.3) is 0 Å². The summed E-state index contributed by atoms with van der Waals surface area (Å²) in [5, 5.41) is 0.983. The van der Waals surface area contributed by atoms with Crippen molar-refractivity contribution in [2.45, 2.75) is 12.5 Å². The van der Waals surface area contributed by atoms with Crippen LogP contribution in [0.5, 0.6) is 0 Å². The number of hydrogen-bond donors (Lipinski definition) is 2. The Balaban J connectivity index is 1.92. The number of nitrogens with two attached hydrogens (primary N) is 1. The summed E-state index contributed by atoms with van der Waals surface area (Å²) in [6.07, 6.45) is 7.91. The van der Waals surface area contributed by atoms with Crippen molar-refractivity contribution in [3.8, 4) is 0 Å². The van der Waals surface area contributed by atoms with Gasteiger partial charge in [-0.3, -0.25) is 14.5 Å². The van der Waals surface area contributed by atoms with E-state index in [4.69, 9.17) is 5.73 Å². The average molecular weight is 378 g/mol. The second-order valence-electron chi connectivity index (χ2n) is 7.82. The zero-order valence-corrected chi connectivity index (χ0v) is 16.3. The van der Waals surface area contributed by atoms with Gasteiger partial charge in [0.15, 0.2) is 0 Å². The number of fused-ring (bicyclic) bond motifs is 1. The predicted molar refractivity (Wildman–Crippen MR) is 111 cm³/mol. The molecule has 1 amide bonds. The Morgan fingerprint density at radius 1 is 1.18 bits per heavy atom. The number of aromatic amines is 1. The highest BCUT2D eigenvalue weighted by Crippen LogP contribution is 2.42. The minimum absolute atomic E-state index is 0.109. The number of aryl methyl sites for hydroxylation is 1. The highest BCUT2D eigenvalue weighted by Gasteiger charge is 2.46. The number of nitrogens with zero attached hydrogens (tertiary/aromatic N) is 2. The standard InChI is InChI=1S/C22H26N4O2/c1-15-13-20(27)24-19-7-6-16(14-17(15)19)22(26-11-9-25(2)10-12-26)8-4-3-5-18(22)21(23)28/h3-8,13-14,18H,9-12H2,1-2H3,(H2,23,28)(H,24,27). The molecule has 3 N–H and O–H groups in total. The normalized spacial score (nSPS) is 26.0. The molecule has 1 fully saturated rings. The molecule has 146 valence electrons. The van der Waals surface area contributed by atoms with E-state index in [0.29, 0.717) is 0 Å². The number of carbonyl (C=O) groups excluding carboxylic acids is 1. The van der Waals surface area contributed by atoms with E-state index in [0.717, 1.165) is 48.2 Å². The first-order chi connectivity index (χ1) is 13.4. The van der Waals surface area contributed by atoms with Crippen LogP contribution in [-0.4, -0.2) is 53.9 Å². The Labute approximate surface area is 164 Å². The first-order valence-corrected chi connectivity index (χ1v) is 9.65. The summed E-state index contributed by atoms with van der Waals surface area (Å²) in [5.41, 5.74) is 7.87. The number of nitrogens with one attached hydrogen (secondary N) is 1. The van der Waals surface area contributed by atoms with Gasteiger partial charge in [-0.15, -0.1) is 0 Å². The number of rotatable bonds is 3. The number of carbonyl (C=O) groups is 1. The number of piperazine rings is 1. The monoisotopic (exact) mass is 378 g/mol. The van der Waals surface area contributed by atoms with Crippen LogP contribution in [-0.2, 0) is 10.3 Å². The van der Waals surface area contributed by atoms with E-state index in [9.17, 15) is 9.59 Å². The van der Waals surface area contributed by atoms with Gasteiger partial charge >= 0.3 is 0 Å². The van der Waals surface area contributed by atoms with Crippen molar-refractivity contribution in [2.75, 3.05) is 33.2 Å². The molecule has 1 aliphatic carbocycles. The molecule has 0 bridgehead atoms. The van der Waals surface area contributed by atoms with Crippen LogP contribution in [0.25, 0.3) is 10.9 Å². The third kappa shape index (κ3) is 2.99. The van der Waals surface area contributed by atoms with Gasteiger partial charge in [0.05, 0.1) is 11.5 Å². The maximum absolute atomic E-state index is 12.5. The summed E-state index contributed by atoms with van der Waals surface area (Å²) in [6.45, 7) is 5.50. The smallest absolute Gasteiger partial charge is 0.248 e. The molecule has 2 atom stereocenters. The lowest BCUT2D eigenvalue weighted by Gasteiger charge is -2.49. The van der Waals surface area contributed by atoms with Crippen LogP contribution in [0.1, 0.15) is 11.1 Å². The summed E-state index contributed by atoms with van der Waals surface area (Å²) >= 11 is 0. The summed E-state index contributed by atoms with van der Waals surface area (Å²) in [6, 6.07) is 7.64. The quantitative estimate of drug-likeness (QED) is 0.848. The fraction of sp³-hybridized carbons (Fsp3) is 0.364. The van der Waals surface area contributed by atoms with Crippen molar-refractivity contribution in [3.63, 3.8) is 0 Å².